The van der Waals surface area contributed by atoms with Gasteiger partial charge in [-0.25, -0.2) is 0 Å². The Bertz CT molecular complexity index is 870. The van der Waals surface area contributed by atoms with Gasteiger partial charge in [-0.1, -0.05) is 188 Å². The smallest absolute Gasteiger partial charge is 0.215 e. The van der Waals surface area contributed by atoms with Gasteiger partial charge in [0, 0.05) is 0 Å². The van der Waals surface area contributed by atoms with Crippen LogP contribution in [0.4, 0.5) is 0 Å². The maximum Gasteiger partial charge on any atom is 0.215 e. The third-order valence-electron chi connectivity index (χ3n) is 11.3. The van der Waals surface area contributed by atoms with Gasteiger partial charge in [0.15, 0.2) is 0 Å². The average Bonchev–Trinajstić information content (AvgIpc) is 3.16. The minimum Gasteiger partial charge on any atom is -0.393 e. The van der Waals surface area contributed by atoms with Crippen LogP contribution in [0, 0.1) is 0 Å². The molecule has 7 N–H and O–H groups in total. The number of hydrogen-bond acceptors (Lipinski definition) is 9. The molecule has 9 heteroatoms. The van der Waals surface area contributed by atoms with Gasteiger partial charge in [-0.2, -0.15) is 0 Å². The van der Waals surface area contributed by atoms with Crippen LogP contribution < -0.4 is 0 Å². The third kappa shape index (κ3) is 25.3. The van der Waals surface area contributed by atoms with E-state index in [0.29, 0.717) is 57.8 Å². The number of ketones is 2. The zero-order chi connectivity index (χ0) is 40.5. The molecule has 0 heterocycles. The Balaban J connectivity index is 4.93. The number of carbonyl (C=O) groups is 2. The van der Waals surface area contributed by atoms with E-state index < -0.39 is 53.8 Å². The van der Waals surface area contributed by atoms with Crippen molar-refractivity contribution in [2.45, 2.75) is 275 Å². The molecule has 0 aliphatic rings. The van der Waals surface area contributed by atoms with E-state index in [4.69, 9.17) is 0 Å². The summed E-state index contributed by atoms with van der Waals surface area (Å²) in [6, 6.07) is 0. The van der Waals surface area contributed by atoms with Crippen LogP contribution in [-0.4, -0.2) is 89.5 Å². The summed E-state index contributed by atoms with van der Waals surface area (Å²) in [5, 5.41) is 75.7. The fraction of sp³-hybridized carbons (Fsp3) is 0.956. The molecular weight excluding hydrogens is 684 g/mol. The van der Waals surface area contributed by atoms with Gasteiger partial charge < -0.3 is 35.7 Å². The molecule has 0 aliphatic carbocycles. The standard InChI is InChI=1S/C45H88O9/c1-4-7-10-12-14-15-16-17-19-20-24-31-38(47)33-26-23-29-36-41(50)44(53)45(54,42(51)39(48)34-27-21-18-13-11-8-5-2)43(52)40(49)35-28-22-25-32-37(46)30-9-6-3/h37-42,46-51,54H,4-36H2,1-3H3. The minimum absolute atomic E-state index is 0.0554. The predicted molar refractivity (Wildman–Crippen MR) is 220 cm³/mol. The lowest BCUT2D eigenvalue weighted by molar-refractivity contribution is -0.183. The lowest BCUT2D eigenvalue weighted by Crippen LogP contribution is -2.65. The van der Waals surface area contributed by atoms with Gasteiger partial charge in [0.25, 0.3) is 0 Å². The highest BCUT2D eigenvalue weighted by Crippen LogP contribution is 2.27. The van der Waals surface area contributed by atoms with Crippen LogP contribution >= 0.6 is 0 Å². The summed E-state index contributed by atoms with van der Waals surface area (Å²) in [4.78, 5) is 27.1. The summed E-state index contributed by atoms with van der Waals surface area (Å²) in [6.07, 6.45) is 20.6. The lowest BCUT2D eigenvalue weighted by atomic mass is 9.77. The van der Waals surface area contributed by atoms with Crippen LogP contribution in [0.5, 0.6) is 0 Å². The highest BCUT2D eigenvalue weighted by Gasteiger charge is 2.55. The molecule has 0 rings (SSSR count). The quantitative estimate of drug-likeness (QED) is 0.0236. The molecule has 322 valence electrons. The van der Waals surface area contributed by atoms with E-state index in [9.17, 15) is 45.3 Å². The van der Waals surface area contributed by atoms with Crippen molar-refractivity contribution in [1.82, 2.24) is 0 Å². The normalized spacial score (nSPS) is 16.4. The van der Waals surface area contributed by atoms with Gasteiger partial charge in [-0.05, 0) is 44.9 Å². The Kier molecular flexibility index (Phi) is 34.6. The second-order valence-electron chi connectivity index (χ2n) is 16.5. The van der Waals surface area contributed by atoms with Crippen LogP contribution in [-0.2, 0) is 9.59 Å². The van der Waals surface area contributed by atoms with Crippen LogP contribution in [0.1, 0.15) is 233 Å². The molecule has 0 amide bonds. The van der Waals surface area contributed by atoms with Crippen molar-refractivity contribution in [1.29, 1.82) is 0 Å². The molecule has 0 aliphatic heterocycles. The number of Topliss-reactive ketones (excluding diaryl/α,β-unsaturated/α-hetero) is 2. The fourth-order valence-electron chi connectivity index (χ4n) is 7.49. The number of aliphatic hydroxyl groups is 7. The first kappa shape index (κ1) is 53.1. The molecule has 0 bridgehead atoms. The number of carbonyl (C=O) groups excluding carboxylic acids is 2. The molecule has 54 heavy (non-hydrogen) atoms. The molecule has 0 aromatic rings. The van der Waals surface area contributed by atoms with Crippen molar-refractivity contribution in [3.8, 4) is 0 Å². The molecule has 0 radical (unpaired) electrons. The van der Waals surface area contributed by atoms with E-state index >= 15 is 0 Å². The summed E-state index contributed by atoms with van der Waals surface area (Å²) >= 11 is 0. The van der Waals surface area contributed by atoms with Crippen molar-refractivity contribution >= 4 is 11.6 Å². The Morgan fingerprint density at radius 1 is 0.370 bits per heavy atom. The Morgan fingerprint density at radius 3 is 0.981 bits per heavy atom. The lowest BCUT2D eigenvalue weighted by Gasteiger charge is -2.35. The highest BCUT2D eigenvalue weighted by molar-refractivity contribution is 6.14. The number of hydrogen-bond donors (Lipinski definition) is 7. The first-order valence-corrected chi connectivity index (χ1v) is 22.9. The zero-order valence-corrected chi connectivity index (χ0v) is 35.2. The van der Waals surface area contributed by atoms with Gasteiger partial charge in [-0.15, -0.1) is 0 Å². The van der Waals surface area contributed by atoms with Gasteiger partial charge in [0.05, 0.1) is 18.3 Å². The Labute approximate surface area is 331 Å². The fourth-order valence-corrected chi connectivity index (χ4v) is 7.49. The summed E-state index contributed by atoms with van der Waals surface area (Å²) in [5.74, 6) is -2.60. The summed E-state index contributed by atoms with van der Waals surface area (Å²) in [7, 11) is 0. The molecule has 0 aromatic carbocycles. The SMILES string of the molecule is CCCCCCCCCCCCCC(O)CCCCCC(O)C(=O)C(O)(C(=O)C(O)CCCCCC(O)CCCC)C(O)C(O)CCCCCCCCC. The predicted octanol–water partition coefficient (Wildman–Crippen LogP) is 8.95. The number of rotatable bonds is 41. The highest BCUT2D eigenvalue weighted by atomic mass is 16.4. The second kappa shape index (κ2) is 35.2. The molecule has 9 nitrogen and oxygen atoms in total. The largest absolute Gasteiger partial charge is 0.393 e. The average molecular weight is 773 g/mol. The molecular formula is C45H88O9. The minimum atomic E-state index is -3.15. The summed E-state index contributed by atoms with van der Waals surface area (Å²) < 4.78 is 0. The molecule has 0 fully saturated rings. The summed E-state index contributed by atoms with van der Waals surface area (Å²) in [6.45, 7) is 6.45. The van der Waals surface area contributed by atoms with Crippen molar-refractivity contribution in [3.63, 3.8) is 0 Å². The van der Waals surface area contributed by atoms with E-state index in [-0.39, 0.29) is 19.3 Å². The topological polar surface area (TPSA) is 176 Å². The molecule has 0 saturated heterocycles. The van der Waals surface area contributed by atoms with Gasteiger partial charge >= 0.3 is 0 Å². The van der Waals surface area contributed by atoms with E-state index in [1.54, 1.807) is 0 Å². The molecule has 0 spiro atoms. The second-order valence-corrected chi connectivity index (χ2v) is 16.5. The molecule has 7 atom stereocenters. The van der Waals surface area contributed by atoms with Crippen molar-refractivity contribution < 1.29 is 45.3 Å². The third-order valence-corrected chi connectivity index (χ3v) is 11.3. The van der Waals surface area contributed by atoms with Crippen LogP contribution in [0.25, 0.3) is 0 Å². The van der Waals surface area contributed by atoms with Gasteiger partial charge in [-0.3, -0.25) is 9.59 Å². The Morgan fingerprint density at radius 2 is 0.630 bits per heavy atom. The molecule has 7 unspecified atom stereocenters. The van der Waals surface area contributed by atoms with E-state index in [1.165, 1.54) is 57.8 Å². The first-order valence-electron chi connectivity index (χ1n) is 22.9. The van der Waals surface area contributed by atoms with E-state index in [0.717, 1.165) is 77.0 Å². The number of aliphatic hydroxyl groups excluding tert-OH is 6. The van der Waals surface area contributed by atoms with E-state index in [1.807, 2.05) is 0 Å². The Hall–Kier alpha value is -0.940. The first-order chi connectivity index (χ1) is 26.0. The summed E-state index contributed by atoms with van der Waals surface area (Å²) in [5.41, 5.74) is -3.15. The van der Waals surface area contributed by atoms with Crippen LogP contribution in [0.3, 0.4) is 0 Å². The van der Waals surface area contributed by atoms with Crippen molar-refractivity contribution in [3.05, 3.63) is 0 Å². The molecule has 0 aromatic heterocycles. The zero-order valence-electron chi connectivity index (χ0n) is 35.2. The van der Waals surface area contributed by atoms with Crippen molar-refractivity contribution in [2.75, 3.05) is 0 Å². The monoisotopic (exact) mass is 773 g/mol. The maximum atomic E-state index is 13.6. The van der Waals surface area contributed by atoms with Gasteiger partial charge in [0.1, 0.15) is 18.3 Å². The number of unbranched alkanes of at least 4 members (excludes halogenated alkanes) is 21. The van der Waals surface area contributed by atoms with Crippen molar-refractivity contribution in [2.24, 2.45) is 0 Å². The van der Waals surface area contributed by atoms with E-state index in [2.05, 4.69) is 20.8 Å². The van der Waals surface area contributed by atoms with Gasteiger partial charge in [0.2, 0.25) is 17.2 Å². The molecule has 0 saturated carbocycles. The van der Waals surface area contributed by atoms with Crippen LogP contribution in [0.15, 0.2) is 0 Å². The van der Waals surface area contributed by atoms with Crippen LogP contribution in [0.2, 0.25) is 0 Å². The maximum absolute atomic E-state index is 13.6.